The predicted octanol–water partition coefficient (Wildman–Crippen LogP) is 2.23. The van der Waals surface area contributed by atoms with Crippen LogP contribution in [-0.2, 0) is 0 Å². The summed E-state index contributed by atoms with van der Waals surface area (Å²) in [4.78, 5) is 0. The SMILES string of the molecule is C=CC[NH2+]CCOc1ccc(Br)cc1Cl. The molecule has 1 rings (SSSR count). The first-order valence-electron chi connectivity index (χ1n) is 4.74. The zero-order valence-corrected chi connectivity index (χ0v) is 10.7. The maximum Gasteiger partial charge on any atom is 0.138 e. The molecule has 1 aromatic rings. The minimum absolute atomic E-state index is 0.632. The molecule has 0 saturated carbocycles. The van der Waals surface area contributed by atoms with Gasteiger partial charge >= 0.3 is 0 Å². The van der Waals surface area contributed by atoms with E-state index in [-0.39, 0.29) is 0 Å². The summed E-state index contributed by atoms with van der Waals surface area (Å²) in [5.74, 6) is 0.729. The first-order chi connectivity index (χ1) is 7.24. The molecule has 0 aliphatic heterocycles. The zero-order chi connectivity index (χ0) is 11.1. The Bertz CT molecular complexity index is 330. The summed E-state index contributed by atoms with van der Waals surface area (Å²) in [5, 5.41) is 2.76. The van der Waals surface area contributed by atoms with Gasteiger partial charge in [0.05, 0.1) is 11.6 Å². The van der Waals surface area contributed by atoms with Gasteiger partial charge in [0.1, 0.15) is 18.9 Å². The summed E-state index contributed by atoms with van der Waals surface area (Å²) in [6.07, 6.45) is 1.87. The highest BCUT2D eigenvalue weighted by Gasteiger charge is 2.01. The van der Waals surface area contributed by atoms with Gasteiger partial charge in [-0.1, -0.05) is 34.1 Å². The summed E-state index contributed by atoms with van der Waals surface area (Å²) in [6.45, 7) is 6.11. The van der Waals surface area contributed by atoms with Crippen molar-refractivity contribution in [1.82, 2.24) is 0 Å². The molecule has 2 nitrogen and oxygen atoms in total. The lowest BCUT2D eigenvalue weighted by atomic mass is 10.3. The molecule has 1 aromatic carbocycles. The third-order valence-electron chi connectivity index (χ3n) is 1.81. The van der Waals surface area contributed by atoms with Crippen molar-refractivity contribution in [1.29, 1.82) is 0 Å². The zero-order valence-electron chi connectivity index (χ0n) is 8.38. The molecule has 0 bridgehead atoms. The topological polar surface area (TPSA) is 25.8 Å². The largest absolute Gasteiger partial charge is 0.486 e. The minimum Gasteiger partial charge on any atom is -0.486 e. The van der Waals surface area contributed by atoms with Gasteiger partial charge < -0.3 is 10.1 Å². The number of quaternary nitrogens is 1. The molecule has 0 fully saturated rings. The molecule has 0 amide bonds. The maximum absolute atomic E-state index is 5.99. The lowest BCUT2D eigenvalue weighted by Gasteiger charge is -2.06. The number of rotatable bonds is 6. The van der Waals surface area contributed by atoms with Gasteiger partial charge in [-0.2, -0.15) is 0 Å². The van der Waals surface area contributed by atoms with Crippen LogP contribution < -0.4 is 10.1 Å². The molecular weight excluding hydrogens is 277 g/mol. The number of ether oxygens (including phenoxy) is 1. The second-order valence-electron chi connectivity index (χ2n) is 3.02. The van der Waals surface area contributed by atoms with E-state index in [4.69, 9.17) is 16.3 Å². The molecule has 0 atom stereocenters. The van der Waals surface area contributed by atoms with Crippen LogP contribution in [0.5, 0.6) is 5.75 Å². The third kappa shape index (κ3) is 4.69. The van der Waals surface area contributed by atoms with E-state index >= 15 is 0 Å². The molecule has 0 aromatic heterocycles. The Balaban J connectivity index is 2.34. The Morgan fingerprint density at radius 1 is 1.53 bits per heavy atom. The number of hydrogen-bond acceptors (Lipinski definition) is 1. The monoisotopic (exact) mass is 290 g/mol. The molecule has 0 spiro atoms. The Labute approximate surface area is 103 Å². The molecule has 0 heterocycles. The van der Waals surface area contributed by atoms with Crippen molar-refractivity contribution >= 4 is 27.5 Å². The van der Waals surface area contributed by atoms with E-state index in [2.05, 4.69) is 27.8 Å². The molecular formula is C11H14BrClNO+. The Morgan fingerprint density at radius 2 is 2.33 bits per heavy atom. The van der Waals surface area contributed by atoms with Gasteiger partial charge in [-0.15, -0.1) is 0 Å². The van der Waals surface area contributed by atoms with E-state index in [0.717, 1.165) is 23.3 Å². The first-order valence-corrected chi connectivity index (χ1v) is 5.91. The molecule has 15 heavy (non-hydrogen) atoms. The van der Waals surface area contributed by atoms with Crippen molar-refractivity contribution in [2.24, 2.45) is 0 Å². The van der Waals surface area contributed by atoms with Gasteiger partial charge in [0.25, 0.3) is 0 Å². The summed E-state index contributed by atoms with van der Waals surface area (Å²) in [7, 11) is 0. The fourth-order valence-electron chi connectivity index (χ4n) is 1.08. The van der Waals surface area contributed by atoms with Gasteiger partial charge in [-0.3, -0.25) is 0 Å². The second kappa shape index (κ2) is 6.88. The van der Waals surface area contributed by atoms with E-state index in [9.17, 15) is 0 Å². The number of hydrogen-bond donors (Lipinski definition) is 1. The molecule has 2 N–H and O–H groups in total. The van der Waals surface area contributed by atoms with Crippen molar-refractivity contribution in [3.05, 3.63) is 40.3 Å². The number of halogens is 2. The molecule has 0 saturated heterocycles. The van der Waals surface area contributed by atoms with Crippen molar-refractivity contribution in [2.45, 2.75) is 0 Å². The predicted molar refractivity (Wildman–Crippen MR) is 66.5 cm³/mol. The molecule has 4 heteroatoms. The van der Waals surface area contributed by atoms with Gasteiger partial charge in [0.15, 0.2) is 0 Å². The quantitative estimate of drug-likeness (QED) is 0.631. The Hall–Kier alpha value is -0.510. The Morgan fingerprint density at radius 3 is 3.00 bits per heavy atom. The minimum atomic E-state index is 0.632. The molecule has 0 unspecified atom stereocenters. The summed E-state index contributed by atoms with van der Waals surface area (Å²) in [6, 6.07) is 5.60. The van der Waals surface area contributed by atoms with E-state index in [0.29, 0.717) is 11.6 Å². The molecule has 0 aliphatic carbocycles. The highest BCUT2D eigenvalue weighted by Crippen LogP contribution is 2.27. The summed E-state index contributed by atoms with van der Waals surface area (Å²) in [5.41, 5.74) is 0. The number of nitrogens with two attached hydrogens (primary N) is 1. The van der Waals surface area contributed by atoms with Crippen molar-refractivity contribution in [3.8, 4) is 5.75 Å². The van der Waals surface area contributed by atoms with Crippen LogP contribution in [0.3, 0.4) is 0 Å². The van der Waals surface area contributed by atoms with Crippen LogP contribution in [0.4, 0.5) is 0 Å². The highest BCUT2D eigenvalue weighted by atomic mass is 79.9. The van der Waals surface area contributed by atoms with Gasteiger partial charge in [-0.05, 0) is 24.3 Å². The first kappa shape index (κ1) is 12.6. The van der Waals surface area contributed by atoms with Crippen LogP contribution in [0, 0.1) is 0 Å². The maximum atomic E-state index is 5.99. The lowest BCUT2D eigenvalue weighted by molar-refractivity contribution is -0.646. The molecule has 82 valence electrons. The van der Waals surface area contributed by atoms with Crippen LogP contribution in [0.25, 0.3) is 0 Å². The van der Waals surface area contributed by atoms with Crippen LogP contribution in [0.15, 0.2) is 35.3 Å². The Kier molecular flexibility index (Phi) is 5.76. The number of benzene rings is 1. The molecule has 0 aliphatic rings. The summed E-state index contributed by atoms with van der Waals surface area (Å²) >= 11 is 9.33. The smallest absolute Gasteiger partial charge is 0.138 e. The van der Waals surface area contributed by atoms with Crippen LogP contribution in [0.1, 0.15) is 0 Å². The van der Waals surface area contributed by atoms with Crippen LogP contribution >= 0.6 is 27.5 Å². The second-order valence-corrected chi connectivity index (χ2v) is 4.35. The van der Waals surface area contributed by atoms with Gasteiger partial charge in [0.2, 0.25) is 0 Å². The average Bonchev–Trinajstić information content (AvgIpc) is 2.20. The lowest BCUT2D eigenvalue weighted by Crippen LogP contribution is -2.85. The van der Waals surface area contributed by atoms with E-state index in [1.807, 2.05) is 24.3 Å². The van der Waals surface area contributed by atoms with Gasteiger partial charge in [-0.25, -0.2) is 0 Å². The van der Waals surface area contributed by atoms with Crippen molar-refractivity contribution in [3.63, 3.8) is 0 Å². The van der Waals surface area contributed by atoms with Crippen molar-refractivity contribution < 1.29 is 10.1 Å². The fraction of sp³-hybridized carbons (Fsp3) is 0.273. The van der Waals surface area contributed by atoms with Crippen LogP contribution in [0.2, 0.25) is 5.02 Å². The van der Waals surface area contributed by atoms with E-state index in [1.54, 1.807) is 0 Å². The molecule has 0 radical (unpaired) electrons. The third-order valence-corrected chi connectivity index (χ3v) is 2.60. The van der Waals surface area contributed by atoms with Gasteiger partial charge in [0, 0.05) is 4.47 Å². The summed E-state index contributed by atoms with van der Waals surface area (Å²) < 4.78 is 6.48. The van der Waals surface area contributed by atoms with E-state index < -0.39 is 0 Å². The standard InChI is InChI=1S/C11H13BrClNO/c1-2-5-14-6-7-15-11-4-3-9(12)8-10(11)13/h2-4,8,14H,1,5-7H2/p+1. The fourth-order valence-corrected chi connectivity index (χ4v) is 1.81. The van der Waals surface area contributed by atoms with E-state index in [1.165, 1.54) is 0 Å². The average molecular weight is 292 g/mol. The van der Waals surface area contributed by atoms with Crippen molar-refractivity contribution in [2.75, 3.05) is 19.7 Å². The normalized spacial score (nSPS) is 10.0. The highest BCUT2D eigenvalue weighted by molar-refractivity contribution is 9.10. The van der Waals surface area contributed by atoms with Crippen LogP contribution in [-0.4, -0.2) is 19.7 Å².